The molecule has 1 saturated heterocycles. The van der Waals surface area contributed by atoms with E-state index >= 15 is 0 Å². The van der Waals surface area contributed by atoms with Crippen LogP contribution in [-0.2, 0) is 14.4 Å². The molecular formula is C25H20ClN3O5. The smallest absolute Gasteiger partial charge is 0.282 e. The summed E-state index contributed by atoms with van der Waals surface area (Å²) < 4.78 is 11.1. The Morgan fingerprint density at radius 3 is 2.47 bits per heavy atom. The second-order valence-electron chi connectivity index (χ2n) is 7.20. The van der Waals surface area contributed by atoms with Crippen LogP contribution in [0, 0.1) is 0 Å². The molecule has 0 spiro atoms. The first kappa shape index (κ1) is 22.9. The highest BCUT2D eigenvalue weighted by atomic mass is 35.5. The van der Waals surface area contributed by atoms with Crippen LogP contribution in [0.1, 0.15) is 5.56 Å². The highest BCUT2D eigenvalue weighted by Crippen LogP contribution is 2.33. The molecule has 0 unspecified atom stereocenters. The molecule has 4 rings (SSSR count). The van der Waals surface area contributed by atoms with Crippen LogP contribution in [0.15, 0.2) is 78.4 Å². The molecule has 0 aliphatic carbocycles. The average molecular weight is 478 g/mol. The summed E-state index contributed by atoms with van der Waals surface area (Å²) in [6, 6.07) is 20.4. The van der Waals surface area contributed by atoms with E-state index in [1.54, 1.807) is 66.7 Å². The fraction of sp³-hybridized carbons (Fsp3) is 0.0800. The SMILES string of the molecule is COc1cccc(/C=C2\C(=O)NN(c3ccccc3)C2=O)c1OCC(=O)Nc1ccc(Cl)cc1. The fourth-order valence-corrected chi connectivity index (χ4v) is 3.43. The van der Waals surface area contributed by atoms with Gasteiger partial charge >= 0.3 is 0 Å². The van der Waals surface area contributed by atoms with Gasteiger partial charge in [-0.3, -0.25) is 19.8 Å². The molecule has 0 atom stereocenters. The molecule has 34 heavy (non-hydrogen) atoms. The number of nitrogens with one attached hydrogen (secondary N) is 2. The summed E-state index contributed by atoms with van der Waals surface area (Å²) in [6.07, 6.45) is 1.41. The molecule has 8 nitrogen and oxygen atoms in total. The molecule has 1 aliphatic rings. The maximum absolute atomic E-state index is 12.9. The van der Waals surface area contributed by atoms with E-state index in [1.165, 1.54) is 18.2 Å². The van der Waals surface area contributed by atoms with Gasteiger partial charge in [-0.15, -0.1) is 0 Å². The van der Waals surface area contributed by atoms with Crippen LogP contribution in [0.4, 0.5) is 11.4 Å². The number of hydrogen-bond acceptors (Lipinski definition) is 5. The van der Waals surface area contributed by atoms with E-state index in [-0.39, 0.29) is 17.9 Å². The largest absolute Gasteiger partial charge is 0.493 e. The lowest BCUT2D eigenvalue weighted by molar-refractivity contribution is -0.118. The molecular weight excluding hydrogens is 458 g/mol. The number of benzene rings is 3. The van der Waals surface area contributed by atoms with Gasteiger partial charge in [0.25, 0.3) is 17.7 Å². The molecule has 0 saturated carbocycles. The number of amides is 3. The fourth-order valence-electron chi connectivity index (χ4n) is 3.30. The topological polar surface area (TPSA) is 97.0 Å². The molecule has 172 valence electrons. The van der Waals surface area contributed by atoms with E-state index in [1.807, 2.05) is 6.07 Å². The zero-order valence-electron chi connectivity index (χ0n) is 18.1. The summed E-state index contributed by atoms with van der Waals surface area (Å²) in [7, 11) is 1.46. The number of para-hydroxylation sites is 2. The first-order valence-electron chi connectivity index (χ1n) is 10.2. The van der Waals surface area contributed by atoms with E-state index in [9.17, 15) is 14.4 Å². The molecule has 0 aromatic heterocycles. The van der Waals surface area contributed by atoms with Crippen molar-refractivity contribution >= 4 is 46.8 Å². The van der Waals surface area contributed by atoms with Crippen LogP contribution < -0.4 is 25.2 Å². The highest BCUT2D eigenvalue weighted by Gasteiger charge is 2.34. The van der Waals surface area contributed by atoms with E-state index in [2.05, 4.69) is 10.7 Å². The molecule has 3 aromatic carbocycles. The van der Waals surface area contributed by atoms with Crippen LogP contribution in [0.3, 0.4) is 0 Å². The number of carbonyl (C=O) groups excluding carboxylic acids is 3. The van der Waals surface area contributed by atoms with Gasteiger partial charge in [0, 0.05) is 16.3 Å². The minimum Gasteiger partial charge on any atom is -0.493 e. The van der Waals surface area contributed by atoms with Crippen LogP contribution >= 0.6 is 11.6 Å². The predicted molar refractivity (Wildman–Crippen MR) is 129 cm³/mol. The van der Waals surface area contributed by atoms with Gasteiger partial charge in [0.2, 0.25) is 0 Å². The Morgan fingerprint density at radius 1 is 1.03 bits per heavy atom. The van der Waals surface area contributed by atoms with Crippen molar-refractivity contribution < 1.29 is 23.9 Å². The lowest BCUT2D eigenvalue weighted by Crippen LogP contribution is -2.35. The Morgan fingerprint density at radius 2 is 1.76 bits per heavy atom. The zero-order valence-corrected chi connectivity index (χ0v) is 18.8. The summed E-state index contributed by atoms with van der Waals surface area (Å²) in [5, 5.41) is 4.43. The Kier molecular flexibility index (Phi) is 6.79. The summed E-state index contributed by atoms with van der Waals surface area (Å²) in [5.41, 5.74) is 3.98. The Labute approximate surface area is 200 Å². The number of ether oxygens (including phenoxy) is 2. The predicted octanol–water partition coefficient (Wildman–Crippen LogP) is 3.83. The normalized spacial score (nSPS) is 14.2. The third-order valence-electron chi connectivity index (χ3n) is 4.91. The van der Waals surface area contributed by atoms with Crippen molar-refractivity contribution in [3.63, 3.8) is 0 Å². The zero-order chi connectivity index (χ0) is 24.1. The lowest BCUT2D eigenvalue weighted by atomic mass is 10.1. The quantitative estimate of drug-likeness (QED) is 0.398. The standard InChI is InChI=1S/C25H20ClN3O5/c1-33-21-9-5-6-16(23(21)34-15-22(30)27-18-12-10-17(26)11-13-18)14-20-24(31)28-29(25(20)32)19-7-3-2-4-8-19/h2-14H,15H2,1H3,(H,27,30)(H,28,31)/b20-14+. The Bertz CT molecular complexity index is 1260. The number of nitrogens with zero attached hydrogens (tertiary/aromatic N) is 1. The first-order valence-corrected chi connectivity index (χ1v) is 10.6. The molecule has 1 heterocycles. The second kappa shape index (κ2) is 10.1. The molecule has 9 heteroatoms. The molecule has 0 bridgehead atoms. The maximum atomic E-state index is 12.9. The van der Waals surface area contributed by atoms with E-state index in [0.717, 1.165) is 0 Å². The number of anilines is 2. The van der Waals surface area contributed by atoms with Gasteiger partial charge in [-0.2, -0.15) is 0 Å². The van der Waals surface area contributed by atoms with Crippen LogP contribution in [0.5, 0.6) is 11.5 Å². The van der Waals surface area contributed by atoms with Crippen LogP contribution in [0.25, 0.3) is 6.08 Å². The number of carbonyl (C=O) groups is 3. The summed E-state index contributed by atoms with van der Waals surface area (Å²) in [5.74, 6) is -0.896. The number of hydrogen-bond donors (Lipinski definition) is 2. The van der Waals surface area contributed by atoms with E-state index in [0.29, 0.717) is 27.7 Å². The lowest BCUT2D eigenvalue weighted by Gasteiger charge is -2.14. The van der Waals surface area contributed by atoms with Gasteiger partial charge in [0.05, 0.1) is 12.8 Å². The van der Waals surface area contributed by atoms with Gasteiger partial charge in [-0.05, 0) is 48.5 Å². The summed E-state index contributed by atoms with van der Waals surface area (Å²) in [6.45, 7) is -0.324. The van der Waals surface area contributed by atoms with Crippen molar-refractivity contribution in [3.05, 3.63) is 89.0 Å². The molecule has 0 radical (unpaired) electrons. The number of methoxy groups -OCH3 is 1. The van der Waals surface area contributed by atoms with Gasteiger partial charge < -0.3 is 14.8 Å². The Hall–Kier alpha value is -4.30. The summed E-state index contributed by atoms with van der Waals surface area (Å²) in [4.78, 5) is 37.8. The van der Waals surface area contributed by atoms with Crippen molar-refractivity contribution in [2.24, 2.45) is 0 Å². The van der Waals surface area contributed by atoms with Crippen molar-refractivity contribution in [2.75, 3.05) is 24.0 Å². The van der Waals surface area contributed by atoms with Crippen molar-refractivity contribution in [1.82, 2.24) is 5.43 Å². The number of halogens is 1. The van der Waals surface area contributed by atoms with Crippen molar-refractivity contribution in [3.8, 4) is 11.5 Å². The molecule has 2 N–H and O–H groups in total. The molecule has 1 fully saturated rings. The van der Waals surface area contributed by atoms with E-state index < -0.39 is 17.7 Å². The maximum Gasteiger partial charge on any atom is 0.282 e. The average Bonchev–Trinajstić information content (AvgIpc) is 3.13. The van der Waals surface area contributed by atoms with Crippen molar-refractivity contribution in [2.45, 2.75) is 0 Å². The first-order chi connectivity index (χ1) is 16.5. The highest BCUT2D eigenvalue weighted by molar-refractivity contribution is 6.31. The minimum absolute atomic E-state index is 0.0763. The van der Waals surface area contributed by atoms with Gasteiger partial charge in [0.1, 0.15) is 5.57 Å². The molecule has 1 aliphatic heterocycles. The molecule has 3 amide bonds. The molecule has 3 aromatic rings. The van der Waals surface area contributed by atoms with Crippen LogP contribution in [0.2, 0.25) is 5.02 Å². The second-order valence-corrected chi connectivity index (χ2v) is 7.63. The van der Waals surface area contributed by atoms with Crippen LogP contribution in [-0.4, -0.2) is 31.4 Å². The third-order valence-corrected chi connectivity index (χ3v) is 5.16. The van der Waals surface area contributed by atoms with Gasteiger partial charge in [0.15, 0.2) is 18.1 Å². The monoisotopic (exact) mass is 477 g/mol. The van der Waals surface area contributed by atoms with Gasteiger partial charge in [-0.25, -0.2) is 5.01 Å². The number of rotatable bonds is 7. The van der Waals surface area contributed by atoms with E-state index in [4.69, 9.17) is 21.1 Å². The Balaban J connectivity index is 1.55. The van der Waals surface area contributed by atoms with Gasteiger partial charge in [-0.1, -0.05) is 41.9 Å². The van der Waals surface area contributed by atoms with Crippen molar-refractivity contribution in [1.29, 1.82) is 0 Å². The minimum atomic E-state index is -0.553. The third kappa shape index (κ3) is 5.02. The summed E-state index contributed by atoms with van der Waals surface area (Å²) >= 11 is 5.86. The number of hydrazine groups is 1.